The first-order valence-electron chi connectivity index (χ1n) is 10.5. The number of hydrogen-bond acceptors (Lipinski definition) is 1. The number of benzene rings is 2. The molecule has 0 amide bonds. The molecule has 0 saturated heterocycles. The van der Waals surface area contributed by atoms with E-state index in [1.807, 2.05) is 44.2 Å². The molecule has 2 aromatic carbocycles. The van der Waals surface area contributed by atoms with E-state index in [1.165, 1.54) is 29.5 Å². The van der Waals surface area contributed by atoms with E-state index in [9.17, 15) is 0 Å². The van der Waals surface area contributed by atoms with Gasteiger partial charge in [-0.15, -0.1) is 0 Å². The molecule has 0 heterocycles. The highest BCUT2D eigenvalue weighted by Gasteiger charge is 1.93. The number of anilines is 1. The molecule has 0 spiro atoms. The Kier molecular flexibility index (Phi) is 18.9. The zero-order valence-electron chi connectivity index (χ0n) is 19.2. The third-order valence-corrected chi connectivity index (χ3v) is 3.91. The van der Waals surface area contributed by atoms with Crippen LogP contribution in [0.5, 0.6) is 0 Å². The van der Waals surface area contributed by atoms with E-state index in [0.717, 1.165) is 24.2 Å². The van der Waals surface area contributed by atoms with Crippen LogP contribution < -0.4 is 5.32 Å². The zero-order chi connectivity index (χ0) is 21.1. The highest BCUT2D eigenvalue weighted by Crippen LogP contribution is 2.10. The molecule has 0 fully saturated rings. The molecule has 1 N–H and O–H groups in total. The average Bonchev–Trinajstić information content (AvgIpc) is 2.72. The molecule has 1 heteroatoms. The van der Waals surface area contributed by atoms with Gasteiger partial charge in [-0.1, -0.05) is 103 Å². The lowest BCUT2D eigenvalue weighted by atomic mass is 10.0. The van der Waals surface area contributed by atoms with Crippen molar-refractivity contribution in [2.45, 2.75) is 81.1 Å². The molecule has 0 bridgehead atoms. The Bertz CT molecular complexity index is 582. The van der Waals surface area contributed by atoms with Gasteiger partial charge in [0, 0.05) is 11.4 Å². The molecule has 0 radical (unpaired) electrons. The van der Waals surface area contributed by atoms with Crippen LogP contribution in [0.15, 0.2) is 60.8 Å². The van der Waals surface area contributed by atoms with Crippen molar-refractivity contribution in [2.75, 3.05) is 5.32 Å². The summed E-state index contributed by atoms with van der Waals surface area (Å²) in [5, 5.41) is 3.20. The highest BCUT2D eigenvalue weighted by molar-refractivity contribution is 5.47. The Morgan fingerprint density at radius 1 is 0.852 bits per heavy atom. The van der Waals surface area contributed by atoms with Gasteiger partial charge in [0.2, 0.25) is 0 Å². The first-order chi connectivity index (χ1) is 13.0. The van der Waals surface area contributed by atoms with Gasteiger partial charge in [-0.3, -0.25) is 0 Å². The summed E-state index contributed by atoms with van der Waals surface area (Å²) in [6, 6.07) is 16.7. The lowest BCUT2D eigenvalue weighted by Crippen LogP contribution is -1.95. The summed E-state index contributed by atoms with van der Waals surface area (Å²) in [5.41, 5.74) is 6.41. The number of aryl methyl sites for hydroxylation is 3. The summed E-state index contributed by atoms with van der Waals surface area (Å²) in [5.74, 6) is 0. The number of rotatable bonds is 5. The minimum atomic E-state index is 0.967. The molecule has 2 aromatic rings. The summed E-state index contributed by atoms with van der Waals surface area (Å²) >= 11 is 0. The quantitative estimate of drug-likeness (QED) is 0.555. The van der Waals surface area contributed by atoms with E-state index in [1.54, 1.807) is 0 Å². The van der Waals surface area contributed by atoms with Crippen LogP contribution in [0.3, 0.4) is 0 Å². The van der Waals surface area contributed by atoms with Gasteiger partial charge < -0.3 is 5.32 Å². The maximum atomic E-state index is 3.86. The summed E-state index contributed by atoms with van der Waals surface area (Å²) in [6.07, 6.45) is 4.75. The van der Waals surface area contributed by atoms with Gasteiger partial charge in [-0.2, -0.15) is 0 Å². The number of hydrogen-bond donors (Lipinski definition) is 1. The molecular formula is C26H43N. The number of nitrogens with one attached hydrogen (secondary N) is 1. The summed E-state index contributed by atoms with van der Waals surface area (Å²) in [6.45, 7) is 20.8. The fourth-order valence-electron chi connectivity index (χ4n) is 2.00. The van der Waals surface area contributed by atoms with Crippen LogP contribution in [0.25, 0.3) is 0 Å². The van der Waals surface area contributed by atoms with Gasteiger partial charge in [0.05, 0.1) is 0 Å². The van der Waals surface area contributed by atoms with Gasteiger partial charge in [0.25, 0.3) is 0 Å². The molecule has 27 heavy (non-hydrogen) atoms. The third kappa shape index (κ3) is 14.8. The third-order valence-electron chi connectivity index (χ3n) is 3.91. The lowest BCUT2D eigenvalue weighted by Gasteiger charge is -2.05. The first kappa shape index (κ1) is 27.2. The second-order valence-electron chi connectivity index (χ2n) is 6.23. The zero-order valence-corrected chi connectivity index (χ0v) is 19.2. The van der Waals surface area contributed by atoms with Crippen molar-refractivity contribution in [1.82, 2.24) is 0 Å². The van der Waals surface area contributed by atoms with Crippen molar-refractivity contribution in [2.24, 2.45) is 0 Å². The molecule has 0 aromatic heterocycles. The maximum absolute atomic E-state index is 3.86. The van der Waals surface area contributed by atoms with E-state index in [2.05, 4.69) is 71.6 Å². The molecule has 0 saturated carbocycles. The Morgan fingerprint density at radius 2 is 1.41 bits per heavy atom. The molecule has 152 valence electrons. The molecule has 0 unspecified atom stereocenters. The average molecular weight is 370 g/mol. The van der Waals surface area contributed by atoms with Gasteiger partial charge >= 0.3 is 0 Å². The highest BCUT2D eigenvalue weighted by atomic mass is 14.9. The topological polar surface area (TPSA) is 12.0 Å². The number of unbranched alkanes of at least 4 members (excludes halogenated alkanes) is 1. The van der Waals surface area contributed by atoms with E-state index >= 15 is 0 Å². The fourth-order valence-corrected chi connectivity index (χ4v) is 2.00. The van der Waals surface area contributed by atoms with E-state index < -0.39 is 0 Å². The number of allylic oxidation sites excluding steroid dienone is 1. The van der Waals surface area contributed by atoms with Crippen molar-refractivity contribution in [3.8, 4) is 0 Å². The van der Waals surface area contributed by atoms with Crippen molar-refractivity contribution in [1.29, 1.82) is 0 Å². The van der Waals surface area contributed by atoms with Crippen molar-refractivity contribution < 1.29 is 0 Å². The van der Waals surface area contributed by atoms with Crippen molar-refractivity contribution >= 4 is 5.69 Å². The second kappa shape index (κ2) is 18.8. The first-order valence-corrected chi connectivity index (χ1v) is 10.5. The molecular weight excluding hydrogens is 326 g/mol. The second-order valence-corrected chi connectivity index (χ2v) is 6.23. The lowest BCUT2D eigenvalue weighted by molar-refractivity contribution is 0.886. The maximum Gasteiger partial charge on any atom is 0.0381 e. The predicted octanol–water partition coefficient (Wildman–Crippen LogP) is 8.72. The van der Waals surface area contributed by atoms with Crippen LogP contribution >= 0.6 is 0 Å². The summed E-state index contributed by atoms with van der Waals surface area (Å²) < 4.78 is 0. The van der Waals surface area contributed by atoms with Gasteiger partial charge in [0.15, 0.2) is 0 Å². The molecule has 0 atom stereocenters. The summed E-state index contributed by atoms with van der Waals surface area (Å²) in [7, 11) is 0. The van der Waals surface area contributed by atoms with Gasteiger partial charge in [0.1, 0.15) is 0 Å². The Labute approximate surface area is 169 Å². The molecule has 2 rings (SSSR count). The normalized spacial score (nSPS) is 8.74. The van der Waals surface area contributed by atoms with Crippen LogP contribution in [0.2, 0.25) is 0 Å². The van der Waals surface area contributed by atoms with Crippen LogP contribution in [0.1, 0.15) is 77.5 Å². The Morgan fingerprint density at radius 3 is 1.81 bits per heavy atom. The SMILES string of the molecule is C=C(CC)Nc1ccccc1.CC.CCCC.CCc1cc(C)ccc1C. The fraction of sp³-hybridized carbons (Fsp3) is 0.462. The Balaban J connectivity index is 0. The monoisotopic (exact) mass is 369 g/mol. The number of para-hydroxylation sites is 1. The largest absolute Gasteiger partial charge is 0.359 e. The predicted molar refractivity (Wildman–Crippen MR) is 127 cm³/mol. The Hall–Kier alpha value is -2.02. The van der Waals surface area contributed by atoms with Gasteiger partial charge in [-0.05, 0) is 49.9 Å². The van der Waals surface area contributed by atoms with Crippen molar-refractivity contribution in [3.05, 3.63) is 77.5 Å². The smallest absolute Gasteiger partial charge is 0.0381 e. The minimum absolute atomic E-state index is 0.967. The van der Waals surface area contributed by atoms with Crippen LogP contribution in [-0.4, -0.2) is 0 Å². The van der Waals surface area contributed by atoms with Crippen molar-refractivity contribution in [3.63, 3.8) is 0 Å². The molecule has 0 aliphatic heterocycles. The standard InChI is InChI=1S/C10H13N.C10H14.C4H10.C2H6/c1-3-9(2)11-10-7-5-4-6-8-10;1-4-10-7-8(2)5-6-9(10)3;1-3-4-2;1-2/h4-8,11H,2-3H2,1H3;5-7H,4H2,1-3H3;3-4H2,1-2H3;1-2H3. The molecule has 0 aliphatic carbocycles. The van der Waals surface area contributed by atoms with Gasteiger partial charge in [-0.25, -0.2) is 0 Å². The van der Waals surface area contributed by atoms with E-state index in [4.69, 9.17) is 0 Å². The van der Waals surface area contributed by atoms with Crippen LogP contribution in [-0.2, 0) is 6.42 Å². The minimum Gasteiger partial charge on any atom is -0.359 e. The van der Waals surface area contributed by atoms with Crippen LogP contribution in [0.4, 0.5) is 5.69 Å². The van der Waals surface area contributed by atoms with Crippen LogP contribution in [0, 0.1) is 13.8 Å². The molecule has 0 aliphatic rings. The summed E-state index contributed by atoms with van der Waals surface area (Å²) in [4.78, 5) is 0. The molecule has 1 nitrogen and oxygen atoms in total. The van der Waals surface area contributed by atoms with E-state index in [0.29, 0.717) is 0 Å². The van der Waals surface area contributed by atoms with E-state index in [-0.39, 0.29) is 0 Å².